The predicted molar refractivity (Wildman–Crippen MR) is 78.4 cm³/mol. The number of benzene rings is 1. The van der Waals surface area contributed by atoms with E-state index in [4.69, 9.17) is 4.74 Å². The van der Waals surface area contributed by atoms with Crippen LogP contribution in [0.2, 0.25) is 0 Å². The van der Waals surface area contributed by atoms with Gasteiger partial charge in [0.05, 0.1) is 0 Å². The van der Waals surface area contributed by atoms with E-state index in [2.05, 4.69) is 36.2 Å². The van der Waals surface area contributed by atoms with Gasteiger partial charge in [0.15, 0.2) is 0 Å². The van der Waals surface area contributed by atoms with E-state index in [-0.39, 0.29) is 12.1 Å². The topological polar surface area (TPSA) is 29.5 Å². The number of piperidine rings is 1. The number of carbonyl (C=O) groups is 1. The molecule has 4 atom stereocenters. The molecule has 3 rings (SSSR count). The van der Waals surface area contributed by atoms with E-state index in [1.54, 1.807) is 0 Å². The van der Waals surface area contributed by atoms with Crippen LogP contribution in [0.25, 0.3) is 0 Å². The Morgan fingerprint density at radius 2 is 2.05 bits per heavy atom. The van der Waals surface area contributed by atoms with Crippen molar-refractivity contribution in [2.75, 3.05) is 7.05 Å². The molecule has 2 heterocycles. The molecule has 0 aliphatic carbocycles. The van der Waals surface area contributed by atoms with E-state index in [0.717, 1.165) is 12.8 Å². The van der Waals surface area contributed by atoms with Crippen LogP contribution in [0.15, 0.2) is 30.3 Å². The molecule has 20 heavy (non-hydrogen) atoms. The summed E-state index contributed by atoms with van der Waals surface area (Å²) in [6.07, 6.45) is 4.55. The minimum atomic E-state index is -0.142. The summed E-state index contributed by atoms with van der Waals surface area (Å²) < 4.78 is 5.64. The van der Waals surface area contributed by atoms with Gasteiger partial charge in [-0.2, -0.15) is 0 Å². The second-order valence-electron chi connectivity index (χ2n) is 6.20. The van der Waals surface area contributed by atoms with Crippen LogP contribution in [0.4, 0.5) is 0 Å². The molecule has 2 fully saturated rings. The lowest BCUT2D eigenvalue weighted by molar-refractivity contribution is -0.154. The average Bonchev–Trinajstić information content (AvgIpc) is 2.67. The van der Waals surface area contributed by atoms with Gasteiger partial charge in [-0.1, -0.05) is 30.3 Å². The van der Waals surface area contributed by atoms with E-state index in [0.29, 0.717) is 18.0 Å². The molecule has 1 aromatic carbocycles. The van der Waals surface area contributed by atoms with Crippen molar-refractivity contribution in [1.82, 2.24) is 4.90 Å². The van der Waals surface area contributed by atoms with Gasteiger partial charge in [-0.05, 0) is 31.9 Å². The fourth-order valence-corrected chi connectivity index (χ4v) is 4.03. The Bertz CT molecular complexity index is 473. The number of carbonyl (C=O) groups excluding carboxylic acids is 1. The molecule has 0 spiro atoms. The van der Waals surface area contributed by atoms with Crippen LogP contribution in [-0.4, -0.2) is 36.1 Å². The number of ether oxygens (including phenoxy) is 1. The van der Waals surface area contributed by atoms with Crippen LogP contribution in [0.1, 0.15) is 31.7 Å². The fraction of sp³-hybridized carbons (Fsp3) is 0.588. The molecule has 0 unspecified atom stereocenters. The molecular formula is C17H23NO2. The highest BCUT2D eigenvalue weighted by Crippen LogP contribution is 2.40. The van der Waals surface area contributed by atoms with Crippen molar-refractivity contribution >= 4 is 5.97 Å². The van der Waals surface area contributed by atoms with E-state index < -0.39 is 0 Å². The quantitative estimate of drug-likeness (QED) is 0.793. The average molecular weight is 273 g/mol. The molecule has 2 bridgehead atoms. The summed E-state index contributed by atoms with van der Waals surface area (Å²) in [4.78, 5) is 13.9. The minimum Gasteiger partial charge on any atom is -0.462 e. The van der Waals surface area contributed by atoms with Gasteiger partial charge in [-0.15, -0.1) is 0 Å². The van der Waals surface area contributed by atoms with Crippen LogP contribution < -0.4 is 0 Å². The van der Waals surface area contributed by atoms with Crippen LogP contribution >= 0.6 is 0 Å². The Kier molecular flexibility index (Phi) is 3.79. The molecule has 0 saturated carbocycles. The van der Waals surface area contributed by atoms with Gasteiger partial charge in [0, 0.05) is 31.3 Å². The summed E-state index contributed by atoms with van der Waals surface area (Å²) >= 11 is 0. The molecule has 2 aliphatic rings. The first-order valence-corrected chi connectivity index (χ1v) is 7.58. The summed E-state index contributed by atoms with van der Waals surface area (Å²) in [5.74, 6) is 0.280. The molecule has 108 valence electrons. The molecule has 3 heteroatoms. The highest BCUT2D eigenvalue weighted by atomic mass is 16.5. The van der Waals surface area contributed by atoms with Gasteiger partial charge < -0.3 is 4.74 Å². The second kappa shape index (κ2) is 5.57. The van der Waals surface area contributed by atoms with E-state index in [1.165, 1.54) is 25.3 Å². The van der Waals surface area contributed by atoms with Crippen LogP contribution in [-0.2, 0) is 16.0 Å². The lowest BCUT2D eigenvalue weighted by atomic mass is 9.83. The Labute approximate surface area is 120 Å². The lowest BCUT2D eigenvalue weighted by Crippen LogP contribution is -2.51. The van der Waals surface area contributed by atoms with Crippen molar-refractivity contribution in [1.29, 1.82) is 0 Å². The zero-order valence-electron chi connectivity index (χ0n) is 12.3. The molecule has 0 radical (unpaired) electrons. The van der Waals surface area contributed by atoms with Gasteiger partial charge in [0.2, 0.25) is 0 Å². The van der Waals surface area contributed by atoms with Gasteiger partial charge >= 0.3 is 5.97 Å². The molecule has 0 aromatic heterocycles. The smallest absolute Gasteiger partial charge is 0.302 e. The number of nitrogens with zero attached hydrogens (tertiary/aromatic N) is 1. The highest BCUT2D eigenvalue weighted by Gasteiger charge is 2.46. The number of rotatable bonds is 3. The molecule has 3 nitrogen and oxygen atoms in total. The van der Waals surface area contributed by atoms with E-state index in [9.17, 15) is 4.79 Å². The van der Waals surface area contributed by atoms with Crippen LogP contribution in [0.5, 0.6) is 0 Å². The minimum absolute atomic E-state index is 0.0846. The third-order valence-electron chi connectivity index (χ3n) is 5.00. The third-order valence-corrected chi connectivity index (χ3v) is 5.00. The number of fused-ring (bicyclic) bond motifs is 2. The second-order valence-corrected chi connectivity index (χ2v) is 6.20. The summed E-state index contributed by atoms with van der Waals surface area (Å²) in [5, 5.41) is 0. The Morgan fingerprint density at radius 3 is 2.75 bits per heavy atom. The number of hydrogen-bond donors (Lipinski definition) is 0. The SMILES string of the molecule is CC(=O)O[C@H]1C[C@H]2CC[C@@H]([C@H]1Cc1ccccc1)N2C. The van der Waals surface area contributed by atoms with Gasteiger partial charge in [0.25, 0.3) is 0 Å². The maximum absolute atomic E-state index is 11.4. The Balaban J connectivity index is 1.80. The Hall–Kier alpha value is -1.35. The van der Waals surface area contributed by atoms with Crippen molar-refractivity contribution in [2.45, 2.75) is 50.8 Å². The molecular weight excluding hydrogens is 250 g/mol. The molecule has 1 aromatic rings. The summed E-state index contributed by atoms with van der Waals surface area (Å²) in [5.41, 5.74) is 1.34. The first-order chi connectivity index (χ1) is 9.65. The maximum Gasteiger partial charge on any atom is 0.302 e. The van der Waals surface area contributed by atoms with Gasteiger partial charge in [0.1, 0.15) is 6.10 Å². The maximum atomic E-state index is 11.4. The van der Waals surface area contributed by atoms with Crippen molar-refractivity contribution < 1.29 is 9.53 Å². The van der Waals surface area contributed by atoms with Crippen molar-refractivity contribution in [3.8, 4) is 0 Å². The normalized spacial score (nSPS) is 33.1. The van der Waals surface area contributed by atoms with Gasteiger partial charge in [-0.25, -0.2) is 0 Å². The van der Waals surface area contributed by atoms with Crippen LogP contribution in [0.3, 0.4) is 0 Å². The zero-order valence-corrected chi connectivity index (χ0v) is 12.3. The summed E-state index contributed by atoms with van der Waals surface area (Å²) in [6, 6.07) is 11.7. The number of hydrogen-bond acceptors (Lipinski definition) is 3. The monoisotopic (exact) mass is 273 g/mol. The standard InChI is InChI=1S/C17H23NO2/c1-12(19)20-17-11-14-8-9-16(18(14)2)15(17)10-13-6-4-3-5-7-13/h3-7,14-17H,8-11H2,1-2H3/t14-,15-,16+,17+/m1/s1. The first kappa shape index (κ1) is 13.6. The van der Waals surface area contributed by atoms with Crippen molar-refractivity contribution in [3.05, 3.63) is 35.9 Å². The summed E-state index contributed by atoms with van der Waals surface area (Å²) in [7, 11) is 2.23. The highest BCUT2D eigenvalue weighted by molar-refractivity contribution is 5.66. The molecule has 2 aliphatic heterocycles. The largest absolute Gasteiger partial charge is 0.462 e. The summed E-state index contributed by atoms with van der Waals surface area (Å²) in [6.45, 7) is 1.53. The molecule has 2 saturated heterocycles. The van der Waals surface area contributed by atoms with E-state index >= 15 is 0 Å². The Morgan fingerprint density at radius 1 is 1.30 bits per heavy atom. The fourth-order valence-electron chi connectivity index (χ4n) is 4.03. The van der Waals surface area contributed by atoms with Crippen molar-refractivity contribution in [2.24, 2.45) is 5.92 Å². The molecule has 0 amide bonds. The predicted octanol–water partition coefficient (Wildman–Crippen LogP) is 2.64. The van der Waals surface area contributed by atoms with Gasteiger partial charge in [-0.3, -0.25) is 9.69 Å². The lowest BCUT2D eigenvalue weighted by Gasteiger charge is -2.42. The van der Waals surface area contributed by atoms with E-state index in [1.807, 2.05) is 6.07 Å². The third kappa shape index (κ3) is 2.59. The zero-order chi connectivity index (χ0) is 14.1. The van der Waals surface area contributed by atoms with Crippen LogP contribution in [0, 0.1) is 5.92 Å². The number of esters is 1. The first-order valence-electron chi connectivity index (χ1n) is 7.58. The molecule has 0 N–H and O–H groups in total. The van der Waals surface area contributed by atoms with Crippen molar-refractivity contribution in [3.63, 3.8) is 0 Å².